The molecule has 3 N–H and O–H groups in total. The fourth-order valence-corrected chi connectivity index (χ4v) is 3.70. The van der Waals surface area contributed by atoms with Crippen LogP contribution in [0.2, 0.25) is 0 Å². The van der Waals surface area contributed by atoms with Gasteiger partial charge in [0.1, 0.15) is 0 Å². The van der Waals surface area contributed by atoms with Crippen LogP contribution in [0.25, 0.3) is 0 Å². The number of nitrogens with two attached hydrogens (primary N) is 1. The number of likely N-dealkylation sites (tertiary alicyclic amines) is 1. The second kappa shape index (κ2) is 8.18. The van der Waals surface area contributed by atoms with Crippen LogP contribution in [0.15, 0.2) is 17.1 Å². The molecule has 5 nitrogen and oxygen atoms in total. The average Bonchev–Trinajstić information content (AvgIpc) is 2.49. The summed E-state index contributed by atoms with van der Waals surface area (Å²) in [5.74, 6) is 1.02. The Morgan fingerprint density at radius 2 is 2.00 bits per heavy atom. The third-order valence-electron chi connectivity index (χ3n) is 4.78. The Bertz CT molecular complexity index is 601. The Balaban J connectivity index is 2.01. The first-order valence-corrected chi connectivity index (χ1v) is 8.71. The van der Waals surface area contributed by atoms with Crippen LogP contribution in [-0.2, 0) is 11.3 Å². The number of nitrogens with one attached hydrogen (secondary N) is 1. The minimum absolute atomic E-state index is 0.212. The second-order valence-corrected chi connectivity index (χ2v) is 6.90. The molecule has 132 valence electrons. The monoisotopic (exact) mass is 330 g/mol. The maximum absolute atomic E-state index is 11.2. The highest BCUT2D eigenvalue weighted by Crippen LogP contribution is 2.20. The van der Waals surface area contributed by atoms with E-state index in [9.17, 15) is 4.79 Å². The summed E-state index contributed by atoms with van der Waals surface area (Å²) in [7, 11) is 1.81. The van der Waals surface area contributed by atoms with Gasteiger partial charge in [-0.25, -0.2) is 0 Å². The number of hydrogen-bond acceptors (Lipinski definition) is 2. The summed E-state index contributed by atoms with van der Waals surface area (Å²) in [6.07, 6.45) is 2.59. The number of carbonyl (C=O) groups excluding carboxylic acids is 1. The summed E-state index contributed by atoms with van der Waals surface area (Å²) in [4.78, 5) is 17.9. The Kier molecular flexibility index (Phi) is 6.23. The minimum atomic E-state index is -0.212. The van der Waals surface area contributed by atoms with E-state index in [1.54, 1.807) is 0 Å². The third-order valence-corrected chi connectivity index (χ3v) is 4.78. The van der Waals surface area contributed by atoms with Crippen molar-refractivity contribution in [3.05, 3.63) is 34.4 Å². The van der Waals surface area contributed by atoms with Gasteiger partial charge in [0, 0.05) is 33.1 Å². The summed E-state index contributed by atoms with van der Waals surface area (Å²) >= 11 is 0. The van der Waals surface area contributed by atoms with Crippen LogP contribution in [0.4, 0.5) is 0 Å². The number of rotatable bonds is 4. The van der Waals surface area contributed by atoms with Crippen molar-refractivity contribution < 1.29 is 4.79 Å². The van der Waals surface area contributed by atoms with Crippen molar-refractivity contribution in [2.45, 2.75) is 46.6 Å². The van der Waals surface area contributed by atoms with Crippen molar-refractivity contribution in [3.8, 4) is 0 Å². The fraction of sp³-hybridized carbons (Fsp3) is 0.579. The lowest BCUT2D eigenvalue weighted by Crippen LogP contribution is -2.47. The van der Waals surface area contributed by atoms with Crippen LogP contribution >= 0.6 is 0 Å². The van der Waals surface area contributed by atoms with Gasteiger partial charge < -0.3 is 16.0 Å². The number of primary amides is 1. The summed E-state index contributed by atoms with van der Waals surface area (Å²) in [5.41, 5.74) is 10.6. The van der Waals surface area contributed by atoms with Crippen molar-refractivity contribution in [2.24, 2.45) is 16.6 Å². The number of guanidine groups is 1. The highest BCUT2D eigenvalue weighted by molar-refractivity contribution is 5.80. The van der Waals surface area contributed by atoms with Gasteiger partial charge in [0.15, 0.2) is 5.96 Å². The number of piperidine rings is 1. The quantitative estimate of drug-likeness (QED) is 0.657. The van der Waals surface area contributed by atoms with E-state index in [0.29, 0.717) is 12.3 Å². The molecule has 1 heterocycles. The average molecular weight is 330 g/mol. The van der Waals surface area contributed by atoms with Gasteiger partial charge >= 0.3 is 0 Å². The maximum atomic E-state index is 11.2. The van der Waals surface area contributed by atoms with Crippen molar-refractivity contribution in [2.75, 3.05) is 20.1 Å². The predicted octanol–water partition coefficient (Wildman–Crippen LogP) is 2.27. The van der Waals surface area contributed by atoms with Crippen molar-refractivity contribution in [1.82, 2.24) is 10.2 Å². The van der Waals surface area contributed by atoms with Gasteiger partial charge in [-0.05, 0) is 56.2 Å². The van der Waals surface area contributed by atoms with Crippen LogP contribution in [-0.4, -0.2) is 36.9 Å². The number of nitrogens with zero attached hydrogens (tertiary/aromatic N) is 2. The lowest BCUT2D eigenvalue weighted by Gasteiger charge is -2.34. The largest absolute Gasteiger partial charge is 0.370 e. The van der Waals surface area contributed by atoms with Crippen LogP contribution in [0.1, 0.15) is 41.5 Å². The zero-order chi connectivity index (χ0) is 17.7. The van der Waals surface area contributed by atoms with Crippen LogP contribution in [0.3, 0.4) is 0 Å². The number of carbonyl (C=O) groups is 1. The molecule has 1 aromatic carbocycles. The first-order chi connectivity index (χ1) is 11.4. The molecule has 0 aromatic heterocycles. The van der Waals surface area contributed by atoms with Crippen LogP contribution < -0.4 is 11.1 Å². The number of amides is 1. The lowest BCUT2D eigenvalue weighted by atomic mass is 9.95. The van der Waals surface area contributed by atoms with E-state index in [-0.39, 0.29) is 5.91 Å². The summed E-state index contributed by atoms with van der Waals surface area (Å²) in [6, 6.07) is 4.44. The first-order valence-electron chi connectivity index (χ1n) is 8.71. The number of benzene rings is 1. The molecular weight excluding hydrogens is 300 g/mol. The molecule has 24 heavy (non-hydrogen) atoms. The molecule has 1 unspecified atom stereocenters. The molecule has 1 amide bonds. The van der Waals surface area contributed by atoms with Crippen molar-refractivity contribution >= 4 is 11.9 Å². The summed E-state index contributed by atoms with van der Waals surface area (Å²) in [5, 5.41) is 3.49. The van der Waals surface area contributed by atoms with Crippen LogP contribution in [0, 0.1) is 26.7 Å². The van der Waals surface area contributed by atoms with Gasteiger partial charge in [-0.3, -0.25) is 9.79 Å². The van der Waals surface area contributed by atoms with Crippen LogP contribution in [0.5, 0.6) is 0 Å². The highest BCUT2D eigenvalue weighted by atomic mass is 16.1. The molecule has 1 aliphatic rings. The SMILES string of the molecule is CN=C(NCc1c(C)cc(C)cc1C)N1CCCC(CC(N)=O)C1. The van der Waals surface area contributed by atoms with Crippen molar-refractivity contribution in [3.63, 3.8) is 0 Å². The smallest absolute Gasteiger partial charge is 0.217 e. The van der Waals surface area contributed by atoms with E-state index in [2.05, 4.69) is 48.1 Å². The molecule has 1 aliphatic heterocycles. The number of aryl methyl sites for hydroxylation is 3. The Morgan fingerprint density at radius 1 is 1.33 bits per heavy atom. The van der Waals surface area contributed by atoms with E-state index >= 15 is 0 Å². The Morgan fingerprint density at radius 3 is 2.58 bits per heavy atom. The molecule has 1 saturated heterocycles. The zero-order valence-corrected chi connectivity index (χ0v) is 15.4. The fourth-order valence-electron chi connectivity index (χ4n) is 3.70. The second-order valence-electron chi connectivity index (χ2n) is 6.90. The minimum Gasteiger partial charge on any atom is -0.370 e. The van der Waals surface area contributed by atoms with Gasteiger partial charge in [0.25, 0.3) is 0 Å². The normalized spacial score (nSPS) is 18.6. The maximum Gasteiger partial charge on any atom is 0.217 e. The zero-order valence-electron chi connectivity index (χ0n) is 15.4. The van der Waals surface area contributed by atoms with E-state index in [4.69, 9.17) is 5.73 Å². The third kappa shape index (κ3) is 4.73. The van der Waals surface area contributed by atoms with Gasteiger partial charge in [-0.1, -0.05) is 17.7 Å². The topological polar surface area (TPSA) is 70.7 Å². The molecule has 0 radical (unpaired) electrons. The summed E-state index contributed by atoms with van der Waals surface area (Å²) in [6.45, 7) is 9.02. The molecule has 5 heteroatoms. The van der Waals surface area contributed by atoms with E-state index < -0.39 is 0 Å². The number of hydrogen-bond donors (Lipinski definition) is 2. The molecule has 1 atom stereocenters. The molecule has 1 fully saturated rings. The molecule has 0 saturated carbocycles. The van der Waals surface area contributed by atoms with Crippen molar-refractivity contribution in [1.29, 1.82) is 0 Å². The lowest BCUT2D eigenvalue weighted by molar-refractivity contribution is -0.119. The molecule has 0 bridgehead atoms. The molecular formula is C19H30N4O. The first kappa shape index (κ1) is 18.3. The molecule has 0 spiro atoms. The summed E-state index contributed by atoms with van der Waals surface area (Å²) < 4.78 is 0. The standard InChI is InChI=1S/C19H30N4O/c1-13-8-14(2)17(15(3)9-13)11-22-19(21-4)23-7-5-6-16(12-23)10-18(20)24/h8-9,16H,5-7,10-12H2,1-4H3,(H2,20,24)(H,21,22). The molecule has 2 rings (SSSR count). The van der Waals surface area contributed by atoms with E-state index in [0.717, 1.165) is 38.4 Å². The van der Waals surface area contributed by atoms with Gasteiger partial charge in [-0.15, -0.1) is 0 Å². The van der Waals surface area contributed by atoms with E-state index in [1.807, 2.05) is 7.05 Å². The number of aliphatic imine (C=N–C) groups is 1. The van der Waals surface area contributed by atoms with Gasteiger partial charge in [0.2, 0.25) is 5.91 Å². The van der Waals surface area contributed by atoms with Gasteiger partial charge in [-0.2, -0.15) is 0 Å². The van der Waals surface area contributed by atoms with E-state index in [1.165, 1.54) is 22.3 Å². The molecule has 1 aromatic rings. The Labute approximate surface area is 145 Å². The highest BCUT2D eigenvalue weighted by Gasteiger charge is 2.23. The Hall–Kier alpha value is -2.04. The molecule has 0 aliphatic carbocycles. The van der Waals surface area contributed by atoms with Gasteiger partial charge in [0.05, 0.1) is 0 Å². The predicted molar refractivity (Wildman–Crippen MR) is 99.0 cm³/mol.